The Balaban J connectivity index is 1.92. The Morgan fingerprint density at radius 2 is 1.82 bits per heavy atom. The Morgan fingerprint density at radius 1 is 1.09 bits per heavy atom. The van der Waals surface area contributed by atoms with E-state index in [0.717, 1.165) is 29.7 Å². The average molecular weight is 293 g/mol. The topological polar surface area (TPSA) is 38.7 Å². The number of carbonyl (C=O) groups is 1. The predicted molar refractivity (Wildman–Crippen MR) is 87.1 cm³/mol. The molecule has 0 fully saturated rings. The molecule has 2 aromatic rings. The van der Waals surface area contributed by atoms with E-state index in [4.69, 9.17) is 9.73 Å². The monoisotopic (exact) mass is 293 g/mol. The minimum atomic E-state index is -0.362. The van der Waals surface area contributed by atoms with Gasteiger partial charge in [0.1, 0.15) is 5.92 Å². The smallest absolute Gasteiger partial charge is 0.318 e. The number of methoxy groups -OCH3 is 1. The summed E-state index contributed by atoms with van der Waals surface area (Å²) in [4.78, 5) is 17.0. The first-order valence-corrected chi connectivity index (χ1v) is 7.52. The number of ether oxygens (including phenoxy) is 1. The zero-order valence-electron chi connectivity index (χ0n) is 12.7. The summed E-state index contributed by atoms with van der Waals surface area (Å²) in [5.41, 5.74) is 4.33. The van der Waals surface area contributed by atoms with Gasteiger partial charge < -0.3 is 4.74 Å². The summed E-state index contributed by atoms with van der Waals surface area (Å²) in [7, 11) is 1.44. The van der Waals surface area contributed by atoms with E-state index < -0.39 is 0 Å². The van der Waals surface area contributed by atoms with Crippen LogP contribution >= 0.6 is 0 Å². The molecule has 0 bridgehead atoms. The third-order valence-electron chi connectivity index (χ3n) is 4.09. The molecule has 0 saturated carbocycles. The Labute approximate surface area is 130 Å². The molecular formula is C19H19NO2. The molecule has 0 aromatic heterocycles. The zero-order chi connectivity index (χ0) is 15.4. The lowest BCUT2D eigenvalue weighted by atomic mass is 9.81. The second kappa shape index (κ2) is 6.56. The van der Waals surface area contributed by atoms with Crippen LogP contribution in [-0.4, -0.2) is 18.8 Å². The van der Waals surface area contributed by atoms with E-state index in [1.807, 2.05) is 48.5 Å². The molecule has 1 aliphatic rings. The quantitative estimate of drug-likeness (QED) is 0.812. The highest BCUT2D eigenvalue weighted by Crippen LogP contribution is 2.31. The number of nitrogens with zero attached hydrogens (tertiary/aromatic N) is 1. The fourth-order valence-corrected chi connectivity index (χ4v) is 2.96. The summed E-state index contributed by atoms with van der Waals surface area (Å²) in [5, 5.41) is 0. The summed E-state index contributed by atoms with van der Waals surface area (Å²) in [5.74, 6) is -0.586. The molecule has 0 spiro atoms. The molecule has 3 rings (SSSR count). The molecule has 0 amide bonds. The van der Waals surface area contributed by atoms with E-state index in [-0.39, 0.29) is 11.9 Å². The third kappa shape index (κ3) is 2.93. The molecule has 112 valence electrons. The number of benzene rings is 2. The molecule has 0 heterocycles. The molecule has 3 nitrogen and oxygen atoms in total. The first-order chi connectivity index (χ1) is 10.8. The number of fused-ring (bicyclic) bond motifs is 1. The number of rotatable bonds is 3. The number of aliphatic imine (C=N–C) groups is 1. The van der Waals surface area contributed by atoms with Gasteiger partial charge in [-0.25, -0.2) is 0 Å². The number of hydrogen-bond donors (Lipinski definition) is 0. The van der Waals surface area contributed by atoms with Gasteiger partial charge in [-0.2, -0.15) is 0 Å². The summed E-state index contributed by atoms with van der Waals surface area (Å²) >= 11 is 0. The Kier molecular flexibility index (Phi) is 4.33. The summed E-state index contributed by atoms with van der Waals surface area (Å²) in [6, 6.07) is 18.2. The van der Waals surface area contributed by atoms with Gasteiger partial charge in [-0.15, -0.1) is 0 Å². The number of hydrogen-bond acceptors (Lipinski definition) is 3. The van der Waals surface area contributed by atoms with Gasteiger partial charge in [-0.1, -0.05) is 54.6 Å². The van der Waals surface area contributed by atoms with Crippen molar-refractivity contribution < 1.29 is 9.53 Å². The van der Waals surface area contributed by atoms with Crippen LogP contribution in [0.2, 0.25) is 0 Å². The fraction of sp³-hybridized carbons (Fsp3) is 0.263. The van der Waals surface area contributed by atoms with E-state index >= 15 is 0 Å². The maximum Gasteiger partial charge on any atom is 0.318 e. The van der Waals surface area contributed by atoms with Crippen molar-refractivity contribution in [3.63, 3.8) is 0 Å². The second-order valence-corrected chi connectivity index (χ2v) is 5.45. The van der Waals surface area contributed by atoms with Crippen molar-refractivity contribution in [3.05, 3.63) is 71.3 Å². The SMILES string of the molecule is COC(=O)C1C(=NCc2ccccc2)CCc2ccccc21. The molecule has 22 heavy (non-hydrogen) atoms. The highest BCUT2D eigenvalue weighted by Gasteiger charge is 2.32. The summed E-state index contributed by atoms with van der Waals surface area (Å²) in [6.45, 7) is 0.603. The van der Waals surface area contributed by atoms with Crippen LogP contribution < -0.4 is 0 Å². The van der Waals surface area contributed by atoms with Gasteiger partial charge >= 0.3 is 5.97 Å². The van der Waals surface area contributed by atoms with Crippen LogP contribution in [0.25, 0.3) is 0 Å². The third-order valence-corrected chi connectivity index (χ3v) is 4.09. The molecule has 0 radical (unpaired) electrons. The van der Waals surface area contributed by atoms with Crippen LogP contribution in [-0.2, 0) is 22.5 Å². The molecule has 1 unspecified atom stereocenters. The van der Waals surface area contributed by atoms with Gasteiger partial charge in [0, 0.05) is 5.71 Å². The van der Waals surface area contributed by atoms with Gasteiger partial charge in [0.05, 0.1) is 13.7 Å². The molecule has 0 aliphatic heterocycles. The Morgan fingerprint density at radius 3 is 2.59 bits per heavy atom. The van der Waals surface area contributed by atoms with E-state index in [1.165, 1.54) is 12.7 Å². The van der Waals surface area contributed by atoms with Gasteiger partial charge in [0.15, 0.2) is 0 Å². The molecule has 1 aliphatic carbocycles. The molecule has 1 atom stereocenters. The van der Waals surface area contributed by atoms with Crippen LogP contribution in [0.15, 0.2) is 59.6 Å². The second-order valence-electron chi connectivity index (χ2n) is 5.45. The van der Waals surface area contributed by atoms with Crippen LogP contribution in [0, 0.1) is 0 Å². The molecular weight excluding hydrogens is 274 g/mol. The van der Waals surface area contributed by atoms with Crippen LogP contribution in [0.5, 0.6) is 0 Å². The minimum Gasteiger partial charge on any atom is -0.468 e. The highest BCUT2D eigenvalue weighted by molar-refractivity contribution is 6.08. The van der Waals surface area contributed by atoms with Crippen molar-refractivity contribution in [2.45, 2.75) is 25.3 Å². The number of aryl methyl sites for hydroxylation is 1. The lowest BCUT2D eigenvalue weighted by Crippen LogP contribution is -2.28. The molecule has 0 N–H and O–H groups in total. The van der Waals surface area contributed by atoms with Gasteiger partial charge in [-0.3, -0.25) is 9.79 Å². The minimum absolute atomic E-state index is 0.223. The number of esters is 1. The van der Waals surface area contributed by atoms with Crippen molar-refractivity contribution in [2.24, 2.45) is 4.99 Å². The lowest BCUT2D eigenvalue weighted by molar-refractivity contribution is -0.140. The zero-order valence-corrected chi connectivity index (χ0v) is 12.7. The molecule has 0 saturated heterocycles. The first kappa shape index (κ1) is 14.5. The maximum atomic E-state index is 12.2. The fourth-order valence-electron chi connectivity index (χ4n) is 2.96. The van der Waals surface area contributed by atoms with Crippen molar-refractivity contribution in [2.75, 3.05) is 7.11 Å². The predicted octanol–water partition coefficient (Wildman–Crippen LogP) is 3.53. The highest BCUT2D eigenvalue weighted by atomic mass is 16.5. The Bertz CT molecular complexity index is 692. The molecule has 3 heteroatoms. The van der Waals surface area contributed by atoms with E-state index in [9.17, 15) is 4.79 Å². The summed E-state index contributed by atoms with van der Waals surface area (Å²) < 4.78 is 5.01. The van der Waals surface area contributed by atoms with Crippen LogP contribution in [0.4, 0.5) is 0 Å². The van der Waals surface area contributed by atoms with Gasteiger partial charge in [0.2, 0.25) is 0 Å². The lowest BCUT2D eigenvalue weighted by Gasteiger charge is -2.25. The van der Waals surface area contributed by atoms with E-state index in [1.54, 1.807) is 0 Å². The largest absolute Gasteiger partial charge is 0.468 e. The normalized spacial score (nSPS) is 18.8. The van der Waals surface area contributed by atoms with Crippen molar-refractivity contribution in [1.82, 2.24) is 0 Å². The van der Waals surface area contributed by atoms with Crippen molar-refractivity contribution in [1.29, 1.82) is 0 Å². The maximum absolute atomic E-state index is 12.2. The van der Waals surface area contributed by atoms with Gasteiger partial charge in [-0.05, 0) is 29.5 Å². The van der Waals surface area contributed by atoms with Crippen molar-refractivity contribution >= 4 is 11.7 Å². The van der Waals surface area contributed by atoms with Crippen LogP contribution in [0.1, 0.15) is 29.0 Å². The average Bonchev–Trinajstić information content (AvgIpc) is 2.59. The van der Waals surface area contributed by atoms with Gasteiger partial charge in [0.25, 0.3) is 0 Å². The first-order valence-electron chi connectivity index (χ1n) is 7.52. The number of carbonyl (C=O) groups excluding carboxylic acids is 1. The summed E-state index contributed by atoms with van der Waals surface area (Å²) in [6.07, 6.45) is 1.74. The Hall–Kier alpha value is -2.42. The molecule has 2 aromatic carbocycles. The van der Waals surface area contributed by atoms with E-state index in [0.29, 0.717) is 6.54 Å². The van der Waals surface area contributed by atoms with E-state index in [2.05, 4.69) is 6.07 Å². The van der Waals surface area contributed by atoms with Crippen molar-refractivity contribution in [3.8, 4) is 0 Å². The standard InChI is InChI=1S/C19H19NO2/c1-22-19(21)18-16-10-6-5-9-15(16)11-12-17(18)20-13-14-7-3-2-4-8-14/h2-10,18H,11-13H2,1H3. The van der Waals surface area contributed by atoms with Crippen LogP contribution in [0.3, 0.4) is 0 Å².